The summed E-state index contributed by atoms with van der Waals surface area (Å²) in [6, 6.07) is 1.17. The molecule has 1 rings (SSSR count). The minimum atomic E-state index is -1.06. The highest BCUT2D eigenvalue weighted by molar-refractivity contribution is 6.76. The lowest BCUT2D eigenvalue weighted by Crippen LogP contribution is -2.30. The summed E-state index contributed by atoms with van der Waals surface area (Å²) < 4.78 is 1.27. The van der Waals surface area contributed by atoms with Gasteiger partial charge in [0.15, 0.2) is 0 Å². The minimum absolute atomic E-state index is 0.0147. The number of nitrogens with one attached hydrogen (secondary N) is 1. The van der Waals surface area contributed by atoms with Crippen molar-refractivity contribution in [3.8, 4) is 0 Å². The van der Waals surface area contributed by atoms with Crippen molar-refractivity contribution in [2.75, 3.05) is 6.54 Å². The van der Waals surface area contributed by atoms with Crippen LogP contribution in [0.3, 0.4) is 0 Å². The van der Waals surface area contributed by atoms with E-state index in [9.17, 15) is 14.9 Å². The Labute approximate surface area is 113 Å². The molecule has 1 N–H and O–H groups in total. The molecule has 0 radical (unpaired) electrons. The van der Waals surface area contributed by atoms with Gasteiger partial charge in [0.1, 0.15) is 18.9 Å². The van der Waals surface area contributed by atoms with Crippen molar-refractivity contribution in [2.24, 2.45) is 0 Å². The molecule has 8 heteroatoms. The lowest BCUT2D eigenvalue weighted by Gasteiger charge is -2.15. The highest BCUT2D eigenvalue weighted by Gasteiger charge is 2.13. The van der Waals surface area contributed by atoms with Crippen LogP contribution in [0.5, 0.6) is 0 Å². The number of aromatic nitrogens is 2. The summed E-state index contributed by atoms with van der Waals surface area (Å²) in [6.45, 7) is 7.53. The summed E-state index contributed by atoms with van der Waals surface area (Å²) in [4.78, 5) is 21.5. The van der Waals surface area contributed by atoms with Crippen LogP contribution in [0.15, 0.2) is 12.4 Å². The molecule has 0 atom stereocenters. The zero-order valence-corrected chi connectivity index (χ0v) is 12.5. The fourth-order valence-corrected chi connectivity index (χ4v) is 2.82. The fraction of sp³-hybridized carbons (Fsp3) is 0.636. The summed E-state index contributed by atoms with van der Waals surface area (Å²) in [7, 11) is -1.06. The first kappa shape index (κ1) is 15.4. The van der Waals surface area contributed by atoms with Crippen molar-refractivity contribution in [1.29, 1.82) is 0 Å². The van der Waals surface area contributed by atoms with Gasteiger partial charge in [-0.05, 0) is 6.42 Å². The minimum Gasteiger partial charge on any atom is -0.355 e. The van der Waals surface area contributed by atoms with Crippen molar-refractivity contribution < 1.29 is 9.72 Å². The zero-order chi connectivity index (χ0) is 14.5. The average molecular weight is 284 g/mol. The second-order valence-corrected chi connectivity index (χ2v) is 11.3. The van der Waals surface area contributed by atoms with Gasteiger partial charge in [-0.3, -0.25) is 19.6 Å². The van der Waals surface area contributed by atoms with Crippen molar-refractivity contribution >= 4 is 19.7 Å². The fourth-order valence-electron chi connectivity index (χ4n) is 1.58. The van der Waals surface area contributed by atoms with Gasteiger partial charge in [0.2, 0.25) is 5.91 Å². The Balaban J connectivity index is 2.29. The largest absolute Gasteiger partial charge is 0.355 e. The SMILES string of the molecule is C[Si](C)(C)CCCNC(=O)Cn1cc([N+](=O)[O-])cn1. The molecule has 1 aromatic heterocycles. The summed E-state index contributed by atoms with van der Waals surface area (Å²) >= 11 is 0. The standard InChI is InChI=1S/C11H20N4O3Si/c1-19(2,3)6-4-5-12-11(16)9-14-8-10(7-13-14)15(17)18/h7-8H,4-6,9H2,1-3H3,(H,12,16). The zero-order valence-electron chi connectivity index (χ0n) is 11.5. The number of hydrogen-bond donors (Lipinski definition) is 1. The number of amides is 1. The van der Waals surface area contributed by atoms with Gasteiger partial charge in [-0.25, -0.2) is 0 Å². The first-order valence-corrected chi connectivity index (χ1v) is 9.92. The monoisotopic (exact) mass is 284 g/mol. The average Bonchev–Trinajstić information content (AvgIpc) is 2.71. The molecule has 1 amide bonds. The van der Waals surface area contributed by atoms with Gasteiger partial charge in [0.25, 0.3) is 0 Å². The normalized spacial score (nSPS) is 11.3. The van der Waals surface area contributed by atoms with Crippen LogP contribution in [0.2, 0.25) is 25.7 Å². The van der Waals surface area contributed by atoms with Gasteiger partial charge < -0.3 is 5.32 Å². The van der Waals surface area contributed by atoms with Crippen molar-refractivity contribution in [3.63, 3.8) is 0 Å². The molecule has 106 valence electrons. The van der Waals surface area contributed by atoms with Gasteiger partial charge in [0.05, 0.1) is 4.92 Å². The third-order valence-electron chi connectivity index (χ3n) is 2.56. The molecule has 0 unspecified atom stereocenters. The Morgan fingerprint density at radius 2 is 2.21 bits per heavy atom. The van der Waals surface area contributed by atoms with Gasteiger partial charge in [-0.2, -0.15) is 5.10 Å². The lowest BCUT2D eigenvalue weighted by atomic mass is 10.4. The third-order valence-corrected chi connectivity index (χ3v) is 4.42. The third kappa shape index (κ3) is 6.14. The second-order valence-electron chi connectivity index (χ2n) is 5.67. The first-order chi connectivity index (χ1) is 8.78. The number of rotatable bonds is 7. The smallest absolute Gasteiger partial charge is 0.307 e. The first-order valence-electron chi connectivity index (χ1n) is 6.21. The Bertz CT molecular complexity index is 453. The van der Waals surface area contributed by atoms with E-state index >= 15 is 0 Å². The predicted octanol–water partition coefficient (Wildman–Crippen LogP) is 1.64. The molecule has 1 heterocycles. The summed E-state index contributed by atoms with van der Waals surface area (Å²) in [6.07, 6.45) is 3.36. The molecule has 0 aromatic carbocycles. The predicted molar refractivity (Wildman–Crippen MR) is 74.7 cm³/mol. The maximum atomic E-state index is 11.6. The summed E-state index contributed by atoms with van der Waals surface area (Å²) in [5, 5.41) is 17.0. The van der Waals surface area contributed by atoms with Crippen LogP contribution in [0, 0.1) is 10.1 Å². The highest BCUT2D eigenvalue weighted by atomic mass is 28.3. The van der Waals surface area contributed by atoms with Crippen LogP contribution < -0.4 is 5.32 Å². The van der Waals surface area contributed by atoms with E-state index in [0.717, 1.165) is 12.6 Å². The Kier molecular flexibility index (Phi) is 5.22. The molecular weight excluding hydrogens is 264 g/mol. The van der Waals surface area contributed by atoms with Crippen LogP contribution in [-0.2, 0) is 11.3 Å². The number of carbonyl (C=O) groups excluding carboxylic acids is 1. The summed E-state index contributed by atoms with van der Waals surface area (Å²) in [5.41, 5.74) is -0.105. The number of carbonyl (C=O) groups is 1. The molecule has 0 fully saturated rings. The molecule has 0 saturated heterocycles. The highest BCUT2D eigenvalue weighted by Crippen LogP contribution is 2.10. The van der Waals surface area contributed by atoms with Crippen LogP contribution in [0.4, 0.5) is 5.69 Å². The molecule has 0 bridgehead atoms. The molecule has 0 aliphatic heterocycles. The van der Waals surface area contributed by atoms with Gasteiger partial charge >= 0.3 is 5.69 Å². The lowest BCUT2D eigenvalue weighted by molar-refractivity contribution is -0.385. The number of hydrogen-bond acceptors (Lipinski definition) is 4. The summed E-state index contributed by atoms with van der Waals surface area (Å²) in [5.74, 6) is -0.173. The quantitative estimate of drug-likeness (QED) is 0.356. The van der Waals surface area contributed by atoms with Gasteiger partial charge in [0, 0.05) is 14.6 Å². The molecule has 7 nitrogen and oxygen atoms in total. The van der Waals surface area contributed by atoms with E-state index in [2.05, 4.69) is 30.1 Å². The Morgan fingerprint density at radius 3 is 2.74 bits per heavy atom. The van der Waals surface area contributed by atoms with E-state index in [-0.39, 0.29) is 18.1 Å². The van der Waals surface area contributed by atoms with Gasteiger partial charge in [-0.1, -0.05) is 25.7 Å². The molecular formula is C11H20N4O3Si. The molecule has 0 saturated carbocycles. The van der Waals surface area contributed by atoms with E-state index in [1.165, 1.54) is 16.9 Å². The number of nitrogens with zero attached hydrogens (tertiary/aromatic N) is 3. The molecule has 0 aliphatic rings. The van der Waals surface area contributed by atoms with Crippen LogP contribution in [0.1, 0.15) is 6.42 Å². The Morgan fingerprint density at radius 1 is 1.53 bits per heavy atom. The van der Waals surface area contributed by atoms with Gasteiger partial charge in [-0.15, -0.1) is 0 Å². The Hall–Kier alpha value is -1.70. The van der Waals surface area contributed by atoms with E-state index in [4.69, 9.17) is 0 Å². The van der Waals surface area contributed by atoms with Crippen LogP contribution in [0.25, 0.3) is 0 Å². The molecule has 0 aliphatic carbocycles. The van der Waals surface area contributed by atoms with Crippen LogP contribution >= 0.6 is 0 Å². The van der Waals surface area contributed by atoms with E-state index in [1.807, 2.05) is 0 Å². The van der Waals surface area contributed by atoms with E-state index < -0.39 is 13.0 Å². The maximum absolute atomic E-state index is 11.6. The van der Waals surface area contributed by atoms with Crippen molar-refractivity contribution in [2.45, 2.75) is 38.7 Å². The van der Waals surface area contributed by atoms with Crippen LogP contribution in [-0.4, -0.2) is 35.2 Å². The molecule has 1 aromatic rings. The second kappa shape index (κ2) is 6.46. The maximum Gasteiger partial charge on any atom is 0.307 e. The number of nitro groups is 1. The van der Waals surface area contributed by atoms with E-state index in [0.29, 0.717) is 6.54 Å². The molecule has 0 spiro atoms. The van der Waals surface area contributed by atoms with E-state index in [1.54, 1.807) is 0 Å². The van der Waals surface area contributed by atoms with Crippen molar-refractivity contribution in [1.82, 2.24) is 15.1 Å². The topological polar surface area (TPSA) is 90.1 Å². The molecule has 19 heavy (non-hydrogen) atoms. The van der Waals surface area contributed by atoms with Crippen molar-refractivity contribution in [3.05, 3.63) is 22.5 Å².